The van der Waals surface area contributed by atoms with Crippen molar-refractivity contribution in [2.45, 2.75) is 10.8 Å². The van der Waals surface area contributed by atoms with E-state index >= 15 is 0 Å². The predicted octanol–water partition coefficient (Wildman–Crippen LogP) is 14.0. The molecule has 0 fully saturated rings. The van der Waals surface area contributed by atoms with Gasteiger partial charge in [-0.2, -0.15) is 0 Å². The van der Waals surface area contributed by atoms with Gasteiger partial charge in [-0.05, 0) is 90.5 Å². The van der Waals surface area contributed by atoms with Crippen LogP contribution in [0.1, 0.15) is 44.5 Å². The summed E-state index contributed by atoms with van der Waals surface area (Å²) >= 11 is 0. The summed E-state index contributed by atoms with van der Waals surface area (Å²) in [7, 11) is 2.41. The predicted molar refractivity (Wildman–Crippen MR) is 240 cm³/mol. The Hall–Kier alpha value is -7.06. The van der Waals surface area contributed by atoms with Gasteiger partial charge in [-0.25, -0.2) is 4.48 Å². The Bertz CT molecular complexity index is 2990. The van der Waals surface area contributed by atoms with E-state index in [1.807, 2.05) is 0 Å². The molecule has 0 aliphatic heterocycles. The monoisotopic (exact) mass is 738 g/mol. The second-order valence-electron chi connectivity index (χ2n) is 16.2. The van der Waals surface area contributed by atoms with Crippen LogP contribution >= 0.6 is 0 Å². The Balaban J connectivity index is 1.18. The molecule has 0 radical (unpaired) electrons. The molecular weight excluding hydrogens is 699 g/mol. The van der Waals surface area contributed by atoms with Crippen LogP contribution in [-0.2, 0) is 10.8 Å². The summed E-state index contributed by atoms with van der Waals surface area (Å²) in [4.78, 5) is 0. The van der Waals surface area contributed by atoms with Crippen molar-refractivity contribution >= 4 is 17.1 Å². The van der Waals surface area contributed by atoms with Crippen molar-refractivity contribution in [3.05, 3.63) is 269 Å². The molecule has 1 spiro atoms. The van der Waals surface area contributed by atoms with E-state index in [9.17, 15) is 0 Å². The van der Waals surface area contributed by atoms with Gasteiger partial charge in [-0.15, -0.1) is 0 Å². The fourth-order valence-corrected chi connectivity index (χ4v) is 11.4. The Morgan fingerprint density at radius 3 is 1.26 bits per heavy atom. The third-order valence-electron chi connectivity index (χ3n) is 13.7. The largest absolute Gasteiger partial charge is 0.229 e. The molecule has 9 aromatic carbocycles. The number of quaternary nitrogens is 1. The van der Waals surface area contributed by atoms with Gasteiger partial charge in [0.15, 0.2) is 5.69 Å². The zero-order valence-electron chi connectivity index (χ0n) is 32.3. The van der Waals surface area contributed by atoms with Crippen LogP contribution in [0.3, 0.4) is 0 Å². The normalized spacial score (nSPS) is 15.4. The van der Waals surface area contributed by atoms with Gasteiger partial charge in [0.2, 0.25) is 0 Å². The van der Waals surface area contributed by atoms with Gasteiger partial charge in [0.25, 0.3) is 0 Å². The lowest BCUT2D eigenvalue weighted by Crippen LogP contribution is -2.35. The van der Waals surface area contributed by atoms with Crippen LogP contribution in [0.25, 0.3) is 33.4 Å². The second kappa shape index (κ2) is 12.2. The highest BCUT2D eigenvalue weighted by molar-refractivity contribution is 6.00. The number of para-hydroxylation sites is 1. The van der Waals surface area contributed by atoms with Gasteiger partial charge in [-0.1, -0.05) is 188 Å². The summed E-state index contributed by atoms with van der Waals surface area (Å²) in [6, 6.07) is 84.2. The number of hydrogen-bond donors (Lipinski definition) is 0. The molecule has 1 atom stereocenters. The van der Waals surface area contributed by atoms with Crippen molar-refractivity contribution in [2.24, 2.45) is 0 Å². The quantitative estimate of drug-likeness (QED) is 0.154. The average molecular weight is 739 g/mol. The SMILES string of the molecule is C[N+](c1ccccc1)(c1ccc2c(c1)C(c1ccccc1)(c1ccccc1)c1ccccc1-2)c1cccc2c1-c1ccccc1C21c2ccccc2-c2ccccc21. The molecule has 1 unspecified atom stereocenters. The fourth-order valence-electron chi connectivity index (χ4n) is 11.4. The molecular formula is C57H40N+. The molecule has 9 aromatic rings. The Kier molecular flexibility index (Phi) is 6.98. The number of nitrogens with zero attached hydrogens (tertiary/aromatic N) is 1. The lowest BCUT2D eigenvalue weighted by Gasteiger charge is -2.37. The highest BCUT2D eigenvalue weighted by Gasteiger charge is 2.54. The van der Waals surface area contributed by atoms with Crippen molar-refractivity contribution < 1.29 is 0 Å². The summed E-state index contributed by atoms with van der Waals surface area (Å²) < 4.78 is 0.487. The summed E-state index contributed by atoms with van der Waals surface area (Å²) in [6.45, 7) is 0. The number of benzene rings is 9. The van der Waals surface area contributed by atoms with Crippen molar-refractivity contribution in [1.29, 1.82) is 0 Å². The molecule has 0 saturated carbocycles. The van der Waals surface area contributed by atoms with Crippen molar-refractivity contribution in [3.63, 3.8) is 0 Å². The first-order chi connectivity index (χ1) is 28.7. The third-order valence-corrected chi connectivity index (χ3v) is 13.7. The van der Waals surface area contributed by atoms with Gasteiger partial charge in [0, 0.05) is 23.8 Å². The Labute approximate surface area is 340 Å². The number of fused-ring (bicyclic) bond motifs is 13. The van der Waals surface area contributed by atoms with E-state index in [0.717, 1.165) is 0 Å². The van der Waals surface area contributed by atoms with Crippen molar-refractivity contribution in [3.8, 4) is 33.4 Å². The van der Waals surface area contributed by atoms with Crippen LogP contribution < -0.4 is 4.48 Å². The topological polar surface area (TPSA) is 0 Å². The van der Waals surface area contributed by atoms with Crippen molar-refractivity contribution in [2.75, 3.05) is 7.05 Å². The molecule has 3 aliphatic carbocycles. The minimum Gasteiger partial charge on any atom is -0.229 e. The standard InChI is InChI=1S/C57H40N/c1-58(41-24-9-4-10-25-41,42-36-37-46-45-28-11-15-30-48(45)56(53(46)38-42,39-20-5-2-6-21-39)40-22-7-3-8-23-40)54-35-19-34-52-55(54)47-29-14-18-33-51(47)57(52)49-31-16-12-26-43(49)44-27-13-17-32-50(44)57/h2-38H,1H3/q+1. The van der Waals surface area contributed by atoms with Gasteiger partial charge < -0.3 is 0 Å². The molecule has 12 rings (SSSR count). The first-order valence-corrected chi connectivity index (χ1v) is 20.4. The third kappa shape index (κ3) is 4.08. The average Bonchev–Trinajstić information content (AvgIpc) is 3.90. The van der Waals surface area contributed by atoms with E-state index in [4.69, 9.17) is 0 Å². The van der Waals surface area contributed by atoms with E-state index in [0.29, 0.717) is 4.48 Å². The van der Waals surface area contributed by atoms with Crippen LogP contribution in [0.15, 0.2) is 224 Å². The van der Waals surface area contributed by atoms with Crippen LogP contribution in [0.5, 0.6) is 0 Å². The van der Waals surface area contributed by atoms with Gasteiger partial charge >= 0.3 is 0 Å². The molecule has 3 aliphatic rings. The highest BCUT2D eigenvalue weighted by Crippen LogP contribution is 2.66. The Morgan fingerprint density at radius 2 is 0.707 bits per heavy atom. The number of hydrogen-bond acceptors (Lipinski definition) is 0. The molecule has 58 heavy (non-hydrogen) atoms. The Morgan fingerprint density at radius 1 is 0.293 bits per heavy atom. The second-order valence-corrected chi connectivity index (χ2v) is 16.2. The van der Waals surface area contributed by atoms with E-state index in [1.54, 1.807) is 0 Å². The molecule has 0 saturated heterocycles. The van der Waals surface area contributed by atoms with Crippen LogP contribution in [0, 0.1) is 0 Å². The van der Waals surface area contributed by atoms with Crippen LogP contribution in [0.4, 0.5) is 17.1 Å². The van der Waals surface area contributed by atoms with Gasteiger partial charge in [0.05, 0.1) is 17.9 Å². The van der Waals surface area contributed by atoms with E-state index in [1.165, 1.54) is 95.0 Å². The zero-order valence-corrected chi connectivity index (χ0v) is 32.3. The van der Waals surface area contributed by atoms with E-state index in [2.05, 4.69) is 232 Å². The molecule has 0 bridgehead atoms. The molecule has 0 N–H and O–H groups in total. The summed E-state index contributed by atoms with van der Waals surface area (Å²) in [5, 5.41) is 0. The molecule has 0 heterocycles. The van der Waals surface area contributed by atoms with E-state index < -0.39 is 10.8 Å². The summed E-state index contributed by atoms with van der Waals surface area (Å²) in [6.07, 6.45) is 0. The summed E-state index contributed by atoms with van der Waals surface area (Å²) in [5.41, 5.74) is 21.2. The van der Waals surface area contributed by atoms with Crippen LogP contribution in [0.2, 0.25) is 0 Å². The molecule has 0 aromatic heterocycles. The minimum atomic E-state index is -0.501. The fraction of sp³-hybridized carbons (Fsp3) is 0.0526. The van der Waals surface area contributed by atoms with Crippen LogP contribution in [-0.4, -0.2) is 7.05 Å². The first kappa shape index (κ1) is 33.1. The molecule has 1 heteroatoms. The molecule has 272 valence electrons. The van der Waals surface area contributed by atoms with Gasteiger partial charge in [0.1, 0.15) is 11.4 Å². The van der Waals surface area contributed by atoms with Gasteiger partial charge in [-0.3, -0.25) is 0 Å². The van der Waals surface area contributed by atoms with Crippen molar-refractivity contribution in [1.82, 2.24) is 4.48 Å². The maximum Gasteiger partial charge on any atom is 0.151 e. The summed E-state index contributed by atoms with van der Waals surface area (Å²) in [5.74, 6) is 0. The lowest BCUT2D eigenvalue weighted by atomic mass is 9.67. The maximum absolute atomic E-state index is 2.54. The lowest BCUT2D eigenvalue weighted by molar-refractivity contribution is 0.625. The van der Waals surface area contributed by atoms with E-state index in [-0.39, 0.29) is 0 Å². The first-order valence-electron chi connectivity index (χ1n) is 20.4. The maximum atomic E-state index is 2.54. The zero-order chi connectivity index (χ0) is 38.5. The molecule has 0 amide bonds. The minimum absolute atomic E-state index is 0.425. The molecule has 1 nitrogen and oxygen atoms in total. The highest BCUT2D eigenvalue weighted by atomic mass is 15.3. The number of rotatable bonds is 5. The smallest absolute Gasteiger partial charge is 0.151 e.